The van der Waals surface area contributed by atoms with Gasteiger partial charge in [0, 0.05) is 13.6 Å². The third-order valence-electron chi connectivity index (χ3n) is 4.54. The summed E-state index contributed by atoms with van der Waals surface area (Å²) < 4.78 is 13.5. The second kappa shape index (κ2) is 7.99. The minimum absolute atomic E-state index is 0.00782. The number of carbonyl (C=O) groups is 1. The number of carbonyl (C=O) groups excluding carboxylic acids is 1. The van der Waals surface area contributed by atoms with Crippen molar-refractivity contribution in [1.82, 2.24) is 14.5 Å². The zero-order valence-corrected chi connectivity index (χ0v) is 15.7. The van der Waals surface area contributed by atoms with Crippen LogP contribution in [0.15, 0.2) is 47.3 Å². The molecule has 142 valence electrons. The molecule has 0 radical (unpaired) electrons. The van der Waals surface area contributed by atoms with Crippen molar-refractivity contribution in [3.8, 4) is 11.5 Å². The van der Waals surface area contributed by atoms with Crippen LogP contribution in [-0.2, 0) is 24.8 Å². The number of amides is 1. The summed E-state index contributed by atoms with van der Waals surface area (Å²) in [4.78, 5) is 24.7. The first-order chi connectivity index (χ1) is 13.0. The van der Waals surface area contributed by atoms with Crippen LogP contribution in [0.5, 0.6) is 11.5 Å². The van der Waals surface area contributed by atoms with Gasteiger partial charge < -0.3 is 14.8 Å². The highest BCUT2D eigenvalue weighted by atomic mass is 16.5. The van der Waals surface area contributed by atoms with Gasteiger partial charge in [-0.05, 0) is 36.2 Å². The maximum atomic E-state index is 12.4. The Bertz CT molecular complexity index is 1020. The van der Waals surface area contributed by atoms with E-state index in [1.165, 1.54) is 4.57 Å². The number of aromatic nitrogens is 2. The van der Waals surface area contributed by atoms with E-state index in [4.69, 9.17) is 9.47 Å². The van der Waals surface area contributed by atoms with Crippen molar-refractivity contribution in [2.75, 3.05) is 20.8 Å². The minimum atomic E-state index is -0.203. The lowest BCUT2D eigenvalue weighted by atomic mass is 10.1. The number of nitrogens with one attached hydrogen (secondary N) is 1. The summed E-state index contributed by atoms with van der Waals surface area (Å²) in [5.74, 6) is 1.12. The van der Waals surface area contributed by atoms with E-state index in [1.54, 1.807) is 25.8 Å². The summed E-state index contributed by atoms with van der Waals surface area (Å²) in [5.41, 5.74) is 2.38. The average molecular weight is 369 g/mol. The summed E-state index contributed by atoms with van der Waals surface area (Å²) in [6.45, 7) is 0.458. The third-order valence-corrected chi connectivity index (χ3v) is 4.54. The minimum Gasteiger partial charge on any atom is -0.493 e. The lowest BCUT2D eigenvalue weighted by Crippen LogP contribution is -2.33. The van der Waals surface area contributed by atoms with Gasteiger partial charge in [-0.15, -0.1) is 0 Å². The highest BCUT2D eigenvalue weighted by Gasteiger charge is 2.13. The molecule has 27 heavy (non-hydrogen) atoms. The molecule has 1 heterocycles. The highest BCUT2D eigenvalue weighted by molar-refractivity contribution is 5.80. The van der Waals surface area contributed by atoms with Crippen LogP contribution >= 0.6 is 0 Å². The molecular formula is C20H23N3O4. The maximum Gasteiger partial charge on any atom is 0.329 e. The number of fused-ring (bicyclic) bond motifs is 1. The summed E-state index contributed by atoms with van der Waals surface area (Å²) in [6, 6.07) is 13.1. The molecule has 3 rings (SSSR count). The molecule has 7 nitrogen and oxygen atoms in total. The van der Waals surface area contributed by atoms with Crippen molar-refractivity contribution in [2.45, 2.75) is 13.0 Å². The Kier molecular flexibility index (Phi) is 5.49. The Morgan fingerprint density at radius 3 is 2.44 bits per heavy atom. The van der Waals surface area contributed by atoms with Gasteiger partial charge in [-0.1, -0.05) is 18.2 Å². The van der Waals surface area contributed by atoms with Gasteiger partial charge in [0.15, 0.2) is 11.5 Å². The second-order valence-electron chi connectivity index (χ2n) is 6.21. The molecule has 0 unspecified atom stereocenters. The van der Waals surface area contributed by atoms with Gasteiger partial charge in [-0.25, -0.2) is 4.79 Å². The van der Waals surface area contributed by atoms with Gasteiger partial charge in [-0.3, -0.25) is 13.9 Å². The number of methoxy groups -OCH3 is 2. The fraction of sp³-hybridized carbons (Fsp3) is 0.300. The van der Waals surface area contributed by atoms with Gasteiger partial charge in [0.2, 0.25) is 5.91 Å². The van der Waals surface area contributed by atoms with Gasteiger partial charge in [0.05, 0.1) is 25.3 Å². The monoisotopic (exact) mass is 369 g/mol. The molecule has 0 atom stereocenters. The first-order valence-corrected chi connectivity index (χ1v) is 8.67. The molecule has 1 amide bonds. The zero-order chi connectivity index (χ0) is 19.4. The van der Waals surface area contributed by atoms with Crippen molar-refractivity contribution < 1.29 is 14.3 Å². The lowest BCUT2D eigenvalue weighted by Gasteiger charge is -2.10. The van der Waals surface area contributed by atoms with Crippen LogP contribution < -0.4 is 20.5 Å². The Labute approximate surface area is 157 Å². The van der Waals surface area contributed by atoms with E-state index in [0.29, 0.717) is 24.5 Å². The van der Waals surface area contributed by atoms with E-state index in [0.717, 1.165) is 16.6 Å². The van der Waals surface area contributed by atoms with Crippen molar-refractivity contribution in [1.29, 1.82) is 0 Å². The molecule has 0 saturated carbocycles. The predicted molar refractivity (Wildman–Crippen MR) is 103 cm³/mol. The summed E-state index contributed by atoms with van der Waals surface area (Å²) >= 11 is 0. The second-order valence-corrected chi connectivity index (χ2v) is 6.21. The van der Waals surface area contributed by atoms with Crippen LogP contribution in [0.1, 0.15) is 5.56 Å². The molecule has 0 fully saturated rings. The summed E-state index contributed by atoms with van der Waals surface area (Å²) in [5, 5.41) is 2.87. The predicted octanol–water partition coefficient (Wildman–Crippen LogP) is 1.72. The Morgan fingerprint density at radius 1 is 1.04 bits per heavy atom. The van der Waals surface area contributed by atoms with Crippen LogP contribution in [0.25, 0.3) is 11.0 Å². The number of imidazole rings is 1. The number of hydrogen-bond acceptors (Lipinski definition) is 4. The molecule has 3 aromatic rings. The van der Waals surface area contributed by atoms with E-state index >= 15 is 0 Å². The lowest BCUT2D eigenvalue weighted by molar-refractivity contribution is -0.121. The number of rotatable bonds is 7. The van der Waals surface area contributed by atoms with Crippen LogP contribution in [-0.4, -0.2) is 35.8 Å². The van der Waals surface area contributed by atoms with Crippen LogP contribution in [0, 0.1) is 0 Å². The average Bonchev–Trinajstić information content (AvgIpc) is 2.93. The molecule has 1 N–H and O–H groups in total. The molecule has 7 heteroatoms. The number of para-hydroxylation sites is 2. The largest absolute Gasteiger partial charge is 0.493 e. The first kappa shape index (κ1) is 18.6. The molecule has 0 aliphatic rings. The van der Waals surface area contributed by atoms with E-state index in [2.05, 4.69) is 5.32 Å². The first-order valence-electron chi connectivity index (χ1n) is 8.67. The standard InChI is InChI=1S/C20H23N3O4/c1-22-15-6-4-5-7-16(15)23(20(22)25)13-19(24)21-11-10-14-8-9-17(26-2)18(12-14)27-3/h4-9,12H,10-11,13H2,1-3H3,(H,21,24). The quantitative estimate of drug-likeness (QED) is 0.688. The Balaban J connectivity index is 1.63. The number of ether oxygens (including phenoxy) is 2. The summed E-state index contributed by atoms with van der Waals surface area (Å²) in [7, 11) is 4.88. The molecule has 0 bridgehead atoms. The van der Waals surface area contributed by atoms with E-state index in [1.807, 2.05) is 42.5 Å². The van der Waals surface area contributed by atoms with Crippen molar-refractivity contribution in [3.63, 3.8) is 0 Å². The van der Waals surface area contributed by atoms with Gasteiger partial charge >= 0.3 is 5.69 Å². The van der Waals surface area contributed by atoms with E-state index in [9.17, 15) is 9.59 Å². The van der Waals surface area contributed by atoms with Crippen molar-refractivity contribution in [3.05, 3.63) is 58.5 Å². The molecule has 0 spiro atoms. The zero-order valence-electron chi connectivity index (χ0n) is 15.7. The van der Waals surface area contributed by atoms with Crippen LogP contribution in [0.2, 0.25) is 0 Å². The molecule has 1 aromatic heterocycles. The molecule has 2 aromatic carbocycles. The fourth-order valence-corrected chi connectivity index (χ4v) is 3.10. The Morgan fingerprint density at radius 2 is 1.74 bits per heavy atom. The normalized spacial score (nSPS) is 10.8. The van der Waals surface area contributed by atoms with E-state index in [-0.39, 0.29) is 18.1 Å². The molecule has 0 saturated heterocycles. The SMILES string of the molecule is COc1ccc(CCNC(=O)Cn2c(=O)n(C)c3ccccc32)cc1OC. The van der Waals surface area contributed by atoms with Gasteiger partial charge in [-0.2, -0.15) is 0 Å². The maximum absolute atomic E-state index is 12.4. The van der Waals surface area contributed by atoms with Crippen LogP contribution in [0.3, 0.4) is 0 Å². The smallest absolute Gasteiger partial charge is 0.329 e. The number of nitrogens with zero attached hydrogens (tertiary/aromatic N) is 2. The van der Waals surface area contributed by atoms with Gasteiger partial charge in [0.25, 0.3) is 0 Å². The highest BCUT2D eigenvalue weighted by Crippen LogP contribution is 2.27. The molecule has 0 aliphatic carbocycles. The van der Waals surface area contributed by atoms with Crippen molar-refractivity contribution in [2.24, 2.45) is 7.05 Å². The Hall–Kier alpha value is -3.22. The van der Waals surface area contributed by atoms with Crippen LogP contribution in [0.4, 0.5) is 0 Å². The number of benzene rings is 2. The third kappa shape index (κ3) is 3.81. The summed E-state index contributed by atoms with van der Waals surface area (Å²) in [6.07, 6.45) is 0.649. The van der Waals surface area contributed by atoms with Crippen molar-refractivity contribution >= 4 is 16.9 Å². The molecular weight excluding hydrogens is 346 g/mol. The fourth-order valence-electron chi connectivity index (χ4n) is 3.10. The number of aryl methyl sites for hydroxylation is 1. The van der Waals surface area contributed by atoms with E-state index < -0.39 is 0 Å². The number of hydrogen-bond donors (Lipinski definition) is 1. The topological polar surface area (TPSA) is 74.5 Å². The molecule has 0 aliphatic heterocycles. The van der Waals surface area contributed by atoms with Gasteiger partial charge in [0.1, 0.15) is 6.54 Å².